The van der Waals surface area contributed by atoms with Gasteiger partial charge in [0.25, 0.3) is 0 Å². The lowest BCUT2D eigenvalue weighted by Gasteiger charge is -2.29. The van der Waals surface area contributed by atoms with Gasteiger partial charge in [-0.15, -0.1) is 0 Å². The number of nitrogens with zero attached hydrogens (tertiary/aromatic N) is 1. The van der Waals surface area contributed by atoms with Gasteiger partial charge in [-0.25, -0.2) is 0 Å². The first-order chi connectivity index (χ1) is 10.2. The van der Waals surface area contributed by atoms with Crippen LogP contribution in [0.15, 0.2) is 24.3 Å². The fourth-order valence-corrected chi connectivity index (χ4v) is 2.80. The van der Waals surface area contributed by atoms with E-state index in [0.29, 0.717) is 12.1 Å². The molecule has 1 heterocycles. The zero-order chi connectivity index (χ0) is 15.1. The molecule has 0 saturated carbocycles. The molecule has 21 heavy (non-hydrogen) atoms. The number of morpholine rings is 1. The van der Waals surface area contributed by atoms with Gasteiger partial charge in [0.1, 0.15) is 0 Å². The number of nitrogens with one attached hydrogen (secondary N) is 1. The third kappa shape index (κ3) is 4.99. The molecular weight excluding hydrogens is 264 g/mol. The van der Waals surface area contributed by atoms with Gasteiger partial charge in [-0.05, 0) is 44.4 Å². The molecule has 2 atom stereocenters. The van der Waals surface area contributed by atoms with Crippen molar-refractivity contribution in [2.45, 2.75) is 38.8 Å². The standard InChI is InChI=1S/C17H28N2O2/c1-14(4-3-11-20)18-15(2)16-5-7-17(8-6-16)19-9-12-21-13-10-19/h5-8,14-15,18,20H,3-4,9-13H2,1-2H3. The van der Waals surface area contributed by atoms with Crippen molar-refractivity contribution in [3.63, 3.8) is 0 Å². The van der Waals surface area contributed by atoms with Crippen LogP contribution >= 0.6 is 0 Å². The van der Waals surface area contributed by atoms with Crippen LogP contribution in [-0.4, -0.2) is 44.1 Å². The Balaban J connectivity index is 1.88. The van der Waals surface area contributed by atoms with Gasteiger partial charge in [-0.3, -0.25) is 0 Å². The number of aliphatic hydroxyl groups excluding tert-OH is 1. The molecule has 1 saturated heterocycles. The quantitative estimate of drug-likeness (QED) is 0.809. The molecule has 1 aromatic carbocycles. The summed E-state index contributed by atoms with van der Waals surface area (Å²) in [6, 6.07) is 9.58. The van der Waals surface area contributed by atoms with Crippen molar-refractivity contribution in [2.75, 3.05) is 37.8 Å². The van der Waals surface area contributed by atoms with Crippen molar-refractivity contribution < 1.29 is 9.84 Å². The Kier molecular flexibility index (Phi) is 6.49. The summed E-state index contributed by atoms with van der Waals surface area (Å²) in [7, 11) is 0. The van der Waals surface area contributed by atoms with Gasteiger partial charge >= 0.3 is 0 Å². The Labute approximate surface area is 128 Å². The van der Waals surface area contributed by atoms with Gasteiger partial charge in [0.05, 0.1) is 13.2 Å². The Morgan fingerprint density at radius 2 is 1.86 bits per heavy atom. The van der Waals surface area contributed by atoms with E-state index in [9.17, 15) is 0 Å². The molecule has 0 aromatic heterocycles. The third-order valence-corrected chi connectivity index (χ3v) is 4.10. The highest BCUT2D eigenvalue weighted by atomic mass is 16.5. The predicted molar refractivity (Wildman–Crippen MR) is 86.8 cm³/mol. The van der Waals surface area contributed by atoms with E-state index in [-0.39, 0.29) is 6.61 Å². The Morgan fingerprint density at radius 1 is 1.19 bits per heavy atom. The van der Waals surface area contributed by atoms with Gasteiger partial charge in [-0.2, -0.15) is 0 Å². The average molecular weight is 292 g/mol. The van der Waals surface area contributed by atoms with Crippen LogP contribution in [0.1, 0.15) is 38.3 Å². The van der Waals surface area contributed by atoms with E-state index in [2.05, 4.69) is 48.3 Å². The first kappa shape index (κ1) is 16.3. The number of aliphatic hydroxyl groups is 1. The van der Waals surface area contributed by atoms with E-state index >= 15 is 0 Å². The van der Waals surface area contributed by atoms with E-state index < -0.39 is 0 Å². The highest BCUT2D eigenvalue weighted by Gasteiger charge is 2.13. The van der Waals surface area contributed by atoms with Crippen molar-refractivity contribution in [2.24, 2.45) is 0 Å². The molecule has 0 aliphatic carbocycles. The largest absolute Gasteiger partial charge is 0.396 e. The molecule has 2 unspecified atom stereocenters. The highest BCUT2D eigenvalue weighted by molar-refractivity contribution is 5.48. The summed E-state index contributed by atoms with van der Waals surface area (Å²) in [4.78, 5) is 2.37. The van der Waals surface area contributed by atoms with Crippen molar-refractivity contribution in [1.29, 1.82) is 0 Å². The second kappa shape index (κ2) is 8.37. The molecule has 1 aliphatic rings. The lowest BCUT2D eigenvalue weighted by atomic mass is 10.1. The second-order valence-corrected chi connectivity index (χ2v) is 5.85. The maximum Gasteiger partial charge on any atom is 0.0642 e. The highest BCUT2D eigenvalue weighted by Crippen LogP contribution is 2.20. The van der Waals surface area contributed by atoms with Crippen LogP contribution in [0.2, 0.25) is 0 Å². The molecule has 0 spiro atoms. The Bertz CT molecular complexity index is 402. The summed E-state index contributed by atoms with van der Waals surface area (Å²) in [6.07, 6.45) is 1.86. The van der Waals surface area contributed by atoms with Crippen LogP contribution in [-0.2, 0) is 4.74 Å². The van der Waals surface area contributed by atoms with Crippen LogP contribution < -0.4 is 10.2 Å². The number of anilines is 1. The summed E-state index contributed by atoms with van der Waals surface area (Å²) in [5, 5.41) is 12.5. The molecule has 1 aromatic rings. The van der Waals surface area contributed by atoms with Gasteiger partial charge in [-0.1, -0.05) is 12.1 Å². The van der Waals surface area contributed by atoms with Crippen molar-refractivity contribution in [3.05, 3.63) is 29.8 Å². The number of ether oxygens (including phenoxy) is 1. The van der Waals surface area contributed by atoms with Crippen LogP contribution in [0.3, 0.4) is 0 Å². The average Bonchev–Trinajstić information content (AvgIpc) is 2.54. The minimum absolute atomic E-state index is 0.272. The minimum atomic E-state index is 0.272. The smallest absolute Gasteiger partial charge is 0.0642 e. The zero-order valence-electron chi connectivity index (χ0n) is 13.2. The molecule has 1 fully saturated rings. The number of hydrogen-bond donors (Lipinski definition) is 2. The fraction of sp³-hybridized carbons (Fsp3) is 0.647. The topological polar surface area (TPSA) is 44.7 Å². The molecule has 0 bridgehead atoms. The van der Waals surface area contributed by atoms with Crippen molar-refractivity contribution >= 4 is 5.69 Å². The number of hydrogen-bond acceptors (Lipinski definition) is 4. The zero-order valence-corrected chi connectivity index (χ0v) is 13.2. The molecule has 1 aliphatic heterocycles. The monoisotopic (exact) mass is 292 g/mol. The summed E-state index contributed by atoms with van der Waals surface area (Å²) in [5.41, 5.74) is 2.59. The van der Waals surface area contributed by atoms with E-state index in [1.54, 1.807) is 0 Å². The lowest BCUT2D eigenvalue weighted by molar-refractivity contribution is 0.122. The number of benzene rings is 1. The molecule has 4 nitrogen and oxygen atoms in total. The molecule has 2 rings (SSSR count). The molecular formula is C17H28N2O2. The Hall–Kier alpha value is -1.10. The normalized spacial score (nSPS) is 18.5. The number of rotatable bonds is 7. The first-order valence-electron chi connectivity index (χ1n) is 8.00. The summed E-state index contributed by atoms with van der Waals surface area (Å²) in [5.74, 6) is 0. The molecule has 0 amide bonds. The first-order valence-corrected chi connectivity index (χ1v) is 8.00. The second-order valence-electron chi connectivity index (χ2n) is 5.85. The van der Waals surface area contributed by atoms with Gasteiger partial charge in [0, 0.05) is 37.5 Å². The summed E-state index contributed by atoms with van der Waals surface area (Å²) < 4.78 is 5.39. The van der Waals surface area contributed by atoms with Gasteiger partial charge in [0.2, 0.25) is 0 Å². The van der Waals surface area contributed by atoms with E-state index in [1.165, 1.54) is 11.3 Å². The molecule has 4 heteroatoms. The van der Waals surface area contributed by atoms with Crippen LogP contribution in [0.4, 0.5) is 5.69 Å². The Morgan fingerprint density at radius 3 is 2.48 bits per heavy atom. The van der Waals surface area contributed by atoms with E-state index in [0.717, 1.165) is 39.1 Å². The minimum Gasteiger partial charge on any atom is -0.396 e. The SMILES string of the molecule is CC(CCCO)NC(C)c1ccc(N2CCOCC2)cc1. The third-order valence-electron chi connectivity index (χ3n) is 4.10. The maximum absolute atomic E-state index is 8.88. The predicted octanol–water partition coefficient (Wildman–Crippen LogP) is 2.33. The van der Waals surface area contributed by atoms with Gasteiger partial charge in [0.15, 0.2) is 0 Å². The summed E-state index contributed by atoms with van der Waals surface area (Å²) in [6.45, 7) is 8.24. The van der Waals surface area contributed by atoms with E-state index in [4.69, 9.17) is 9.84 Å². The van der Waals surface area contributed by atoms with Crippen molar-refractivity contribution in [3.8, 4) is 0 Å². The fourth-order valence-electron chi connectivity index (χ4n) is 2.80. The van der Waals surface area contributed by atoms with Crippen LogP contribution in [0.25, 0.3) is 0 Å². The molecule has 2 N–H and O–H groups in total. The summed E-state index contributed by atoms with van der Waals surface area (Å²) >= 11 is 0. The van der Waals surface area contributed by atoms with Crippen LogP contribution in [0, 0.1) is 0 Å². The maximum atomic E-state index is 8.88. The van der Waals surface area contributed by atoms with E-state index in [1.807, 2.05) is 0 Å². The van der Waals surface area contributed by atoms with Gasteiger partial charge < -0.3 is 20.1 Å². The van der Waals surface area contributed by atoms with Crippen LogP contribution in [0.5, 0.6) is 0 Å². The van der Waals surface area contributed by atoms with Crippen molar-refractivity contribution in [1.82, 2.24) is 5.32 Å². The lowest BCUT2D eigenvalue weighted by Crippen LogP contribution is -2.36. The molecule has 0 radical (unpaired) electrons. The molecule has 118 valence electrons.